The number of aromatic amines is 1. The summed E-state index contributed by atoms with van der Waals surface area (Å²) < 4.78 is 13.8. The molecule has 3 N–H and O–H groups in total. The number of aromatic nitrogens is 1. The van der Waals surface area contributed by atoms with E-state index in [0.29, 0.717) is 41.8 Å². The minimum Gasteiger partial charge on any atom is -0.358 e. The summed E-state index contributed by atoms with van der Waals surface area (Å²) in [5.74, 6) is -0.695. The molecule has 1 aromatic carbocycles. The summed E-state index contributed by atoms with van der Waals surface area (Å²) in [6.45, 7) is 9.38. The lowest BCUT2D eigenvalue weighted by molar-refractivity contribution is -0.110. The summed E-state index contributed by atoms with van der Waals surface area (Å²) in [7, 11) is 0. The highest BCUT2D eigenvalue weighted by atomic mass is 19.1. The number of carbonyl (C=O) groups is 2. The Hall–Kier alpha value is -2.93. The highest BCUT2D eigenvalue weighted by Crippen LogP contribution is 2.44. The van der Waals surface area contributed by atoms with Crippen molar-refractivity contribution in [1.29, 1.82) is 0 Å². The molecular formula is C23H27FN4O2. The van der Waals surface area contributed by atoms with Gasteiger partial charge < -0.3 is 20.5 Å². The Balaban J connectivity index is 1.64. The molecule has 1 aliphatic heterocycles. The number of likely N-dealkylation sites (N-methyl/N-ethyl adjacent to an activating group) is 1. The van der Waals surface area contributed by atoms with Gasteiger partial charge in [-0.3, -0.25) is 9.59 Å². The van der Waals surface area contributed by atoms with Gasteiger partial charge in [0.25, 0.3) is 11.8 Å². The van der Waals surface area contributed by atoms with E-state index in [2.05, 4.69) is 34.4 Å². The summed E-state index contributed by atoms with van der Waals surface area (Å²) in [5, 5.41) is 5.84. The first kappa shape index (κ1) is 20.3. The molecule has 0 spiro atoms. The summed E-state index contributed by atoms with van der Waals surface area (Å²) in [6, 6.07) is 4.32. The molecule has 2 aliphatic rings. The number of benzene rings is 1. The van der Waals surface area contributed by atoms with Crippen LogP contribution in [0, 0.1) is 12.7 Å². The molecule has 2 aromatic rings. The van der Waals surface area contributed by atoms with Crippen molar-refractivity contribution in [1.82, 2.24) is 15.2 Å². The molecule has 7 heteroatoms. The Labute approximate surface area is 175 Å². The molecule has 6 nitrogen and oxygen atoms in total. The molecule has 0 saturated carbocycles. The van der Waals surface area contributed by atoms with Gasteiger partial charge in [0, 0.05) is 35.7 Å². The Morgan fingerprint density at radius 3 is 2.73 bits per heavy atom. The standard InChI is InChI=1S/C23H27FN4O2/c1-4-28(5-2)11-10-25-22(29)19-13(3)26-21-15(19)7-8-16(21)20-17-12-14(24)6-9-18(17)27-23(20)30/h6,9,12,26H,4-5,7-8,10-11H2,1-3H3,(H,25,29)(H,27,30)/b20-16-. The fraction of sp³-hybridized carbons (Fsp3) is 0.391. The maximum absolute atomic E-state index is 13.8. The van der Waals surface area contributed by atoms with Crippen LogP contribution >= 0.6 is 0 Å². The minimum absolute atomic E-state index is 0.0919. The first-order valence-electron chi connectivity index (χ1n) is 10.5. The van der Waals surface area contributed by atoms with Crippen molar-refractivity contribution >= 4 is 28.6 Å². The second-order valence-corrected chi connectivity index (χ2v) is 7.76. The number of hydrogen-bond donors (Lipinski definition) is 3. The van der Waals surface area contributed by atoms with Crippen LogP contribution in [0.3, 0.4) is 0 Å². The first-order chi connectivity index (χ1) is 14.4. The lowest BCUT2D eigenvalue weighted by atomic mass is 9.99. The predicted molar refractivity (Wildman–Crippen MR) is 116 cm³/mol. The van der Waals surface area contributed by atoms with Crippen molar-refractivity contribution < 1.29 is 14.0 Å². The summed E-state index contributed by atoms with van der Waals surface area (Å²) in [4.78, 5) is 31.1. The van der Waals surface area contributed by atoms with Crippen molar-refractivity contribution in [2.45, 2.75) is 33.6 Å². The van der Waals surface area contributed by atoms with Crippen molar-refractivity contribution in [2.24, 2.45) is 0 Å². The SMILES string of the molecule is CCN(CC)CCNC(=O)c1c(C)[nH]c2c1CC/C2=C1/C(=O)Nc2ccc(F)cc21. The van der Waals surface area contributed by atoms with E-state index < -0.39 is 0 Å². The number of amides is 2. The van der Waals surface area contributed by atoms with Crippen LogP contribution in [0.15, 0.2) is 18.2 Å². The number of H-pyrrole nitrogens is 1. The Morgan fingerprint density at radius 2 is 2.00 bits per heavy atom. The van der Waals surface area contributed by atoms with E-state index in [4.69, 9.17) is 0 Å². The third-order valence-electron chi connectivity index (χ3n) is 6.08. The van der Waals surface area contributed by atoms with Gasteiger partial charge in [0.05, 0.1) is 11.1 Å². The zero-order chi connectivity index (χ0) is 21.4. The number of carbonyl (C=O) groups excluding carboxylic acids is 2. The number of fused-ring (bicyclic) bond motifs is 2. The third kappa shape index (κ3) is 3.43. The van der Waals surface area contributed by atoms with E-state index in [9.17, 15) is 14.0 Å². The van der Waals surface area contributed by atoms with E-state index in [1.165, 1.54) is 12.1 Å². The lowest BCUT2D eigenvalue weighted by Gasteiger charge is -2.18. The molecule has 0 atom stereocenters. The Morgan fingerprint density at radius 1 is 1.23 bits per heavy atom. The van der Waals surface area contributed by atoms with Gasteiger partial charge in [0.15, 0.2) is 0 Å². The molecule has 0 fully saturated rings. The van der Waals surface area contributed by atoms with Crippen LogP contribution < -0.4 is 10.6 Å². The van der Waals surface area contributed by atoms with Crippen molar-refractivity contribution in [2.75, 3.05) is 31.5 Å². The molecule has 2 amide bonds. The highest BCUT2D eigenvalue weighted by Gasteiger charge is 2.34. The molecular weight excluding hydrogens is 383 g/mol. The fourth-order valence-electron chi connectivity index (χ4n) is 4.51. The van der Waals surface area contributed by atoms with Crippen molar-refractivity contribution in [3.05, 3.63) is 52.1 Å². The van der Waals surface area contributed by atoms with E-state index in [-0.39, 0.29) is 17.6 Å². The van der Waals surface area contributed by atoms with Gasteiger partial charge in [-0.05, 0) is 62.2 Å². The molecule has 0 radical (unpaired) electrons. The molecule has 4 rings (SSSR count). The van der Waals surface area contributed by atoms with Crippen LogP contribution in [0.4, 0.5) is 10.1 Å². The van der Waals surface area contributed by atoms with E-state index in [0.717, 1.165) is 42.2 Å². The fourth-order valence-corrected chi connectivity index (χ4v) is 4.51. The highest BCUT2D eigenvalue weighted by molar-refractivity contribution is 6.37. The minimum atomic E-state index is -0.377. The van der Waals surface area contributed by atoms with Crippen molar-refractivity contribution in [3.63, 3.8) is 0 Å². The van der Waals surface area contributed by atoms with Crippen LogP contribution in [0.5, 0.6) is 0 Å². The average Bonchev–Trinajstić information content (AvgIpc) is 3.35. The van der Waals surface area contributed by atoms with Crippen LogP contribution in [-0.2, 0) is 11.2 Å². The van der Waals surface area contributed by atoms with Gasteiger partial charge in [-0.2, -0.15) is 0 Å². The largest absolute Gasteiger partial charge is 0.358 e. The molecule has 0 saturated heterocycles. The number of allylic oxidation sites excluding steroid dienone is 1. The van der Waals surface area contributed by atoms with E-state index in [1.54, 1.807) is 6.07 Å². The molecule has 0 bridgehead atoms. The van der Waals surface area contributed by atoms with Crippen LogP contribution in [-0.4, -0.2) is 47.9 Å². The topological polar surface area (TPSA) is 77.2 Å². The van der Waals surface area contributed by atoms with Gasteiger partial charge in [0.2, 0.25) is 0 Å². The smallest absolute Gasteiger partial charge is 0.256 e. The first-order valence-corrected chi connectivity index (χ1v) is 10.5. The maximum Gasteiger partial charge on any atom is 0.256 e. The average molecular weight is 410 g/mol. The van der Waals surface area contributed by atoms with Gasteiger partial charge in [-0.1, -0.05) is 13.8 Å². The maximum atomic E-state index is 13.8. The molecule has 158 valence electrons. The summed E-state index contributed by atoms with van der Waals surface area (Å²) >= 11 is 0. The molecule has 0 unspecified atom stereocenters. The van der Waals surface area contributed by atoms with Crippen LogP contribution in [0.2, 0.25) is 0 Å². The van der Waals surface area contributed by atoms with E-state index in [1.807, 2.05) is 6.92 Å². The van der Waals surface area contributed by atoms with E-state index >= 15 is 0 Å². The lowest BCUT2D eigenvalue weighted by Crippen LogP contribution is -2.35. The second-order valence-electron chi connectivity index (χ2n) is 7.76. The van der Waals surface area contributed by atoms with Gasteiger partial charge in [-0.25, -0.2) is 4.39 Å². The third-order valence-corrected chi connectivity index (χ3v) is 6.08. The Kier molecular flexibility index (Phi) is 5.47. The zero-order valence-electron chi connectivity index (χ0n) is 17.6. The summed E-state index contributed by atoms with van der Waals surface area (Å²) in [5.41, 5.74) is 5.76. The number of anilines is 1. The van der Waals surface area contributed by atoms with Gasteiger partial charge >= 0.3 is 0 Å². The zero-order valence-corrected chi connectivity index (χ0v) is 17.6. The number of rotatable bonds is 6. The van der Waals surface area contributed by atoms with Crippen LogP contribution in [0.25, 0.3) is 11.1 Å². The quantitative estimate of drug-likeness (QED) is 0.639. The number of nitrogens with one attached hydrogen (secondary N) is 3. The summed E-state index contributed by atoms with van der Waals surface area (Å²) in [6.07, 6.45) is 1.31. The van der Waals surface area contributed by atoms with Crippen molar-refractivity contribution in [3.8, 4) is 0 Å². The molecule has 1 aliphatic carbocycles. The molecule has 2 heterocycles. The Bertz CT molecular complexity index is 1050. The van der Waals surface area contributed by atoms with Gasteiger partial charge in [-0.15, -0.1) is 0 Å². The van der Waals surface area contributed by atoms with Crippen LogP contribution in [0.1, 0.15) is 53.1 Å². The number of halogens is 1. The predicted octanol–water partition coefficient (Wildman–Crippen LogP) is 3.34. The number of hydrogen-bond acceptors (Lipinski definition) is 3. The number of nitrogens with zero attached hydrogens (tertiary/aromatic N) is 1. The molecule has 30 heavy (non-hydrogen) atoms. The monoisotopic (exact) mass is 410 g/mol. The van der Waals surface area contributed by atoms with Gasteiger partial charge in [0.1, 0.15) is 5.82 Å². The number of aryl methyl sites for hydroxylation is 1. The normalized spacial score (nSPS) is 17.3. The second kappa shape index (κ2) is 8.07. The molecule has 1 aromatic heterocycles.